The summed E-state index contributed by atoms with van der Waals surface area (Å²) in [6, 6.07) is 16.9. The minimum Gasteiger partial charge on any atom is -0.497 e. The van der Waals surface area contributed by atoms with E-state index in [1.54, 1.807) is 37.1 Å². The number of ketones is 1. The highest BCUT2D eigenvalue weighted by Crippen LogP contribution is 2.53. The Bertz CT molecular complexity index is 1590. The van der Waals surface area contributed by atoms with E-state index in [-0.39, 0.29) is 23.5 Å². The van der Waals surface area contributed by atoms with Crippen LogP contribution >= 0.6 is 0 Å². The van der Waals surface area contributed by atoms with Crippen molar-refractivity contribution in [3.05, 3.63) is 88.4 Å². The predicted octanol–water partition coefficient (Wildman–Crippen LogP) is 4.93. The highest BCUT2D eigenvalue weighted by Gasteiger charge is 2.59. The summed E-state index contributed by atoms with van der Waals surface area (Å²) in [6.07, 6.45) is 3.44. The normalized spacial score (nSPS) is 23.6. The molecule has 234 valence electrons. The van der Waals surface area contributed by atoms with Crippen LogP contribution < -0.4 is 10.1 Å². The first-order valence-electron chi connectivity index (χ1n) is 15.9. The van der Waals surface area contributed by atoms with Crippen LogP contribution in [0.15, 0.2) is 59.0 Å². The van der Waals surface area contributed by atoms with E-state index in [9.17, 15) is 19.6 Å². The lowest BCUT2D eigenvalue weighted by atomic mass is 9.75. The molecule has 0 radical (unpaired) electrons. The van der Waals surface area contributed by atoms with Crippen LogP contribution in [0.5, 0.6) is 5.75 Å². The fraction of sp³-hybridized carbons (Fsp3) is 0.444. The summed E-state index contributed by atoms with van der Waals surface area (Å²) in [5, 5.41) is 12.9. The minimum absolute atomic E-state index is 0.0794. The summed E-state index contributed by atoms with van der Waals surface area (Å²) >= 11 is 0. The van der Waals surface area contributed by atoms with Gasteiger partial charge < -0.3 is 24.3 Å². The Hall–Kier alpha value is -4.42. The van der Waals surface area contributed by atoms with Gasteiger partial charge in [-0.1, -0.05) is 37.1 Å². The highest BCUT2D eigenvalue weighted by atomic mass is 16.5. The number of benzene rings is 2. The molecule has 4 unspecified atom stereocenters. The maximum absolute atomic E-state index is 14.9. The monoisotopic (exact) mass is 608 g/mol. The number of nitrogens with one attached hydrogen (secondary N) is 1. The van der Waals surface area contributed by atoms with Gasteiger partial charge >= 0.3 is 0 Å². The number of nitriles is 1. The highest BCUT2D eigenvalue weighted by molar-refractivity contribution is 6.02. The van der Waals surface area contributed by atoms with Crippen molar-refractivity contribution in [1.29, 1.82) is 5.26 Å². The van der Waals surface area contributed by atoms with Crippen molar-refractivity contribution in [3.63, 3.8) is 0 Å². The molecule has 0 spiro atoms. The van der Waals surface area contributed by atoms with Gasteiger partial charge in [-0.2, -0.15) is 5.26 Å². The Morgan fingerprint density at radius 2 is 1.58 bits per heavy atom. The maximum atomic E-state index is 14.9. The Balaban J connectivity index is 1.59. The second-order valence-corrected chi connectivity index (χ2v) is 12.4. The van der Waals surface area contributed by atoms with Crippen molar-refractivity contribution < 1.29 is 23.5 Å². The standard InChI is InChI=1S/C36H40N4O5/c1-22-20-29(23(2)45-22)34(41)31-30(25-12-14-28(44-3)15-13-25)33(36(43)39-18-16-38-17-19-39)40(35(42)27-6-4-5-7-27)32(31)26-10-8-24(21-37)9-11-26/h8-15,20,27,30-33,38H,4-7,16-19H2,1-3H3. The van der Waals surface area contributed by atoms with Crippen molar-refractivity contribution in [1.82, 2.24) is 15.1 Å². The first-order valence-corrected chi connectivity index (χ1v) is 15.9. The first kappa shape index (κ1) is 30.6. The zero-order valence-electron chi connectivity index (χ0n) is 26.1. The Morgan fingerprint density at radius 3 is 2.16 bits per heavy atom. The van der Waals surface area contributed by atoms with Crippen molar-refractivity contribution in [2.75, 3.05) is 33.3 Å². The van der Waals surface area contributed by atoms with Gasteiger partial charge in [0.25, 0.3) is 0 Å². The SMILES string of the molecule is COc1ccc(C2C(C(=O)c3cc(C)oc3C)C(c3ccc(C#N)cc3)N(C(=O)C3CCCC3)C2C(=O)N2CCNCC2)cc1. The van der Waals surface area contributed by atoms with Crippen molar-refractivity contribution in [2.24, 2.45) is 11.8 Å². The quantitative estimate of drug-likeness (QED) is 0.378. The largest absolute Gasteiger partial charge is 0.497 e. The molecule has 2 aliphatic heterocycles. The average Bonchev–Trinajstić information content (AvgIpc) is 3.82. The van der Waals surface area contributed by atoms with E-state index in [1.807, 2.05) is 48.2 Å². The summed E-state index contributed by atoms with van der Waals surface area (Å²) in [4.78, 5) is 48.1. The molecule has 9 heteroatoms. The average molecular weight is 609 g/mol. The molecule has 45 heavy (non-hydrogen) atoms. The van der Waals surface area contributed by atoms with E-state index < -0.39 is 23.9 Å². The molecule has 3 aromatic rings. The molecule has 1 N–H and O–H groups in total. The van der Waals surface area contributed by atoms with Gasteiger partial charge in [-0.05, 0) is 68.1 Å². The van der Waals surface area contributed by atoms with Gasteiger partial charge in [0.15, 0.2) is 5.78 Å². The van der Waals surface area contributed by atoms with E-state index in [0.717, 1.165) is 36.8 Å². The lowest BCUT2D eigenvalue weighted by Gasteiger charge is -2.37. The van der Waals surface area contributed by atoms with Gasteiger partial charge in [-0.15, -0.1) is 0 Å². The molecule has 9 nitrogen and oxygen atoms in total. The third-order valence-corrected chi connectivity index (χ3v) is 9.80. The molecule has 1 aromatic heterocycles. The van der Waals surface area contributed by atoms with Gasteiger partial charge in [0.1, 0.15) is 23.3 Å². The van der Waals surface area contributed by atoms with Crippen molar-refractivity contribution in [3.8, 4) is 11.8 Å². The molecule has 2 amide bonds. The van der Waals surface area contributed by atoms with Crippen LogP contribution in [-0.4, -0.2) is 66.7 Å². The summed E-state index contributed by atoms with van der Waals surface area (Å²) in [5.74, 6) is -0.231. The molecular formula is C36H40N4O5. The fourth-order valence-electron chi connectivity index (χ4n) is 7.61. The van der Waals surface area contributed by atoms with Crippen LogP contribution in [0.1, 0.15) is 76.2 Å². The number of carbonyl (C=O) groups excluding carboxylic acids is 3. The molecule has 2 saturated heterocycles. The third kappa shape index (κ3) is 5.75. The molecule has 1 aliphatic carbocycles. The second kappa shape index (κ2) is 12.9. The number of piperazine rings is 1. The summed E-state index contributed by atoms with van der Waals surface area (Å²) < 4.78 is 11.3. The summed E-state index contributed by atoms with van der Waals surface area (Å²) in [7, 11) is 1.60. The van der Waals surface area contributed by atoms with Crippen LogP contribution in [0.25, 0.3) is 0 Å². The van der Waals surface area contributed by atoms with Gasteiger partial charge in [-0.3, -0.25) is 14.4 Å². The third-order valence-electron chi connectivity index (χ3n) is 9.80. The maximum Gasteiger partial charge on any atom is 0.246 e. The molecule has 3 aliphatic rings. The molecule has 0 bridgehead atoms. The number of aryl methyl sites for hydroxylation is 2. The van der Waals surface area contributed by atoms with Gasteiger partial charge in [0.05, 0.1) is 36.3 Å². The smallest absolute Gasteiger partial charge is 0.246 e. The van der Waals surface area contributed by atoms with Crippen LogP contribution in [0.4, 0.5) is 0 Å². The van der Waals surface area contributed by atoms with Crippen molar-refractivity contribution in [2.45, 2.75) is 57.5 Å². The predicted molar refractivity (Wildman–Crippen MR) is 168 cm³/mol. The van der Waals surface area contributed by atoms with Crippen LogP contribution in [0, 0.1) is 37.0 Å². The van der Waals surface area contributed by atoms with E-state index in [2.05, 4.69) is 11.4 Å². The van der Waals surface area contributed by atoms with Gasteiger partial charge in [0, 0.05) is 38.0 Å². The molecule has 4 atom stereocenters. The molecule has 6 rings (SSSR count). The number of nitrogens with zero attached hydrogens (tertiary/aromatic N) is 3. The van der Waals surface area contributed by atoms with Crippen LogP contribution in [-0.2, 0) is 9.59 Å². The number of ether oxygens (including phenoxy) is 1. The number of Topliss-reactive ketones (excluding diaryl/α,β-unsaturated/α-hetero) is 1. The molecule has 1 saturated carbocycles. The lowest BCUT2D eigenvalue weighted by Crippen LogP contribution is -2.55. The summed E-state index contributed by atoms with van der Waals surface area (Å²) in [5.41, 5.74) is 2.46. The Labute approximate surface area is 264 Å². The van der Waals surface area contributed by atoms with E-state index in [0.29, 0.717) is 54.6 Å². The van der Waals surface area contributed by atoms with E-state index >= 15 is 0 Å². The zero-order chi connectivity index (χ0) is 31.7. The number of amides is 2. The van der Waals surface area contributed by atoms with Gasteiger partial charge in [0.2, 0.25) is 11.8 Å². The number of furan rings is 1. The number of likely N-dealkylation sites (tertiary alicyclic amines) is 1. The first-order chi connectivity index (χ1) is 21.8. The Morgan fingerprint density at radius 1 is 0.933 bits per heavy atom. The van der Waals surface area contributed by atoms with E-state index in [4.69, 9.17) is 9.15 Å². The topological polar surface area (TPSA) is 116 Å². The summed E-state index contributed by atoms with van der Waals surface area (Å²) in [6.45, 7) is 5.96. The molecular weight excluding hydrogens is 568 g/mol. The van der Waals surface area contributed by atoms with Crippen LogP contribution in [0.2, 0.25) is 0 Å². The zero-order valence-corrected chi connectivity index (χ0v) is 26.1. The minimum atomic E-state index is -0.896. The fourth-order valence-corrected chi connectivity index (χ4v) is 7.61. The second-order valence-electron chi connectivity index (χ2n) is 12.4. The van der Waals surface area contributed by atoms with Crippen LogP contribution in [0.3, 0.4) is 0 Å². The number of methoxy groups -OCH3 is 1. The molecule has 2 aromatic carbocycles. The molecule has 3 heterocycles. The number of rotatable bonds is 7. The Kier molecular flexibility index (Phi) is 8.77. The molecule has 3 fully saturated rings. The number of hydrogen-bond donors (Lipinski definition) is 1. The lowest BCUT2D eigenvalue weighted by molar-refractivity contribution is -0.148. The van der Waals surface area contributed by atoms with E-state index in [1.165, 1.54) is 0 Å². The number of carbonyl (C=O) groups is 3. The number of hydrogen-bond acceptors (Lipinski definition) is 7. The van der Waals surface area contributed by atoms with Gasteiger partial charge in [-0.25, -0.2) is 0 Å². The van der Waals surface area contributed by atoms with Crippen molar-refractivity contribution >= 4 is 17.6 Å².